The summed E-state index contributed by atoms with van der Waals surface area (Å²) in [5.41, 5.74) is 8.26. The Balaban J connectivity index is 1.56. The van der Waals surface area contributed by atoms with Crippen LogP contribution in [0.5, 0.6) is 0 Å². The normalized spacial score (nSPS) is 16.1. The van der Waals surface area contributed by atoms with Gasteiger partial charge < -0.3 is 10.6 Å². The van der Waals surface area contributed by atoms with Gasteiger partial charge in [0.2, 0.25) is 5.91 Å². The number of hydrogen-bond acceptors (Lipinski definition) is 3. The molecule has 0 bridgehead atoms. The number of hydrogen-bond donors (Lipinski definition) is 1. The Morgan fingerprint density at radius 3 is 2.78 bits per heavy atom. The van der Waals surface area contributed by atoms with E-state index < -0.39 is 0 Å². The molecule has 1 aliphatic rings. The zero-order valence-corrected chi connectivity index (χ0v) is 14.0. The highest BCUT2D eigenvalue weighted by Crippen LogP contribution is 2.28. The van der Waals surface area contributed by atoms with E-state index >= 15 is 0 Å². The lowest BCUT2D eigenvalue weighted by Crippen LogP contribution is -2.36. The summed E-state index contributed by atoms with van der Waals surface area (Å²) in [4.78, 5) is 15.3. The summed E-state index contributed by atoms with van der Waals surface area (Å²) in [7, 11) is 0. The molecule has 2 aromatic rings. The summed E-state index contributed by atoms with van der Waals surface area (Å²) >= 11 is 1.64. The SMILES string of the molecule is NCc1cccc(C2CCN(C(=O)/C=C/c3cccs3)CC2)c1. The predicted octanol–water partition coefficient (Wildman–Crippen LogP) is 3.63. The molecule has 0 spiro atoms. The number of carbonyl (C=O) groups is 1. The Bertz CT molecular complexity index is 670. The van der Waals surface area contributed by atoms with E-state index in [0.717, 1.165) is 30.8 Å². The molecule has 4 heteroatoms. The summed E-state index contributed by atoms with van der Waals surface area (Å²) in [5.74, 6) is 0.652. The van der Waals surface area contributed by atoms with Crippen molar-refractivity contribution >= 4 is 23.3 Å². The first-order chi connectivity index (χ1) is 11.3. The first-order valence-electron chi connectivity index (χ1n) is 8.05. The minimum absolute atomic E-state index is 0.118. The van der Waals surface area contributed by atoms with E-state index in [-0.39, 0.29) is 5.91 Å². The molecule has 3 rings (SSSR count). The van der Waals surface area contributed by atoms with Crippen molar-refractivity contribution < 1.29 is 4.79 Å². The maximum atomic E-state index is 12.3. The molecular weight excluding hydrogens is 304 g/mol. The lowest BCUT2D eigenvalue weighted by Gasteiger charge is -2.31. The van der Waals surface area contributed by atoms with Gasteiger partial charge in [-0.25, -0.2) is 0 Å². The van der Waals surface area contributed by atoms with E-state index in [9.17, 15) is 4.79 Å². The minimum Gasteiger partial charge on any atom is -0.339 e. The Hall–Kier alpha value is -1.91. The molecule has 1 aliphatic heterocycles. The molecule has 2 heterocycles. The number of likely N-dealkylation sites (tertiary alicyclic amines) is 1. The van der Waals surface area contributed by atoms with Gasteiger partial charge >= 0.3 is 0 Å². The fourth-order valence-corrected chi connectivity index (χ4v) is 3.67. The average molecular weight is 326 g/mol. The molecule has 1 amide bonds. The van der Waals surface area contributed by atoms with Crippen LogP contribution in [0, 0.1) is 0 Å². The van der Waals surface area contributed by atoms with Crippen LogP contribution in [-0.2, 0) is 11.3 Å². The van der Waals surface area contributed by atoms with Crippen LogP contribution in [0.25, 0.3) is 6.08 Å². The van der Waals surface area contributed by atoms with Gasteiger partial charge in [0.15, 0.2) is 0 Å². The van der Waals surface area contributed by atoms with Crippen LogP contribution < -0.4 is 5.73 Å². The monoisotopic (exact) mass is 326 g/mol. The molecule has 0 atom stereocenters. The highest BCUT2D eigenvalue weighted by Gasteiger charge is 2.22. The van der Waals surface area contributed by atoms with Crippen molar-refractivity contribution in [2.75, 3.05) is 13.1 Å². The second-order valence-corrected chi connectivity index (χ2v) is 6.88. The highest BCUT2D eigenvalue weighted by molar-refractivity contribution is 7.10. The van der Waals surface area contributed by atoms with Gasteiger partial charge in [0, 0.05) is 30.6 Å². The minimum atomic E-state index is 0.118. The van der Waals surface area contributed by atoms with Crippen LogP contribution in [0.1, 0.15) is 34.8 Å². The topological polar surface area (TPSA) is 46.3 Å². The molecule has 1 aromatic heterocycles. The number of nitrogens with zero attached hydrogens (tertiary/aromatic N) is 1. The first kappa shape index (κ1) is 16.0. The second kappa shape index (κ2) is 7.57. The molecule has 23 heavy (non-hydrogen) atoms. The van der Waals surface area contributed by atoms with Gasteiger partial charge in [-0.1, -0.05) is 30.3 Å². The van der Waals surface area contributed by atoms with Crippen molar-refractivity contribution in [3.63, 3.8) is 0 Å². The van der Waals surface area contributed by atoms with Gasteiger partial charge in [-0.2, -0.15) is 0 Å². The average Bonchev–Trinajstić information content (AvgIpc) is 3.13. The highest BCUT2D eigenvalue weighted by atomic mass is 32.1. The molecular formula is C19H22N2OS. The molecule has 0 radical (unpaired) electrons. The number of thiophene rings is 1. The largest absolute Gasteiger partial charge is 0.339 e. The van der Waals surface area contributed by atoms with Crippen molar-refractivity contribution in [3.05, 3.63) is 63.9 Å². The van der Waals surface area contributed by atoms with Crippen LogP contribution in [0.4, 0.5) is 0 Å². The summed E-state index contributed by atoms with van der Waals surface area (Å²) in [6.07, 6.45) is 5.64. The fourth-order valence-electron chi connectivity index (χ4n) is 3.05. The molecule has 3 nitrogen and oxygen atoms in total. The lowest BCUT2D eigenvalue weighted by molar-refractivity contribution is -0.126. The zero-order chi connectivity index (χ0) is 16.1. The number of amides is 1. The van der Waals surface area contributed by atoms with Crippen LogP contribution in [0.15, 0.2) is 47.9 Å². The van der Waals surface area contributed by atoms with Gasteiger partial charge in [0.05, 0.1) is 0 Å². The van der Waals surface area contributed by atoms with Crippen LogP contribution in [-0.4, -0.2) is 23.9 Å². The Labute approximate surface area is 141 Å². The van der Waals surface area contributed by atoms with Crippen molar-refractivity contribution in [2.24, 2.45) is 5.73 Å². The van der Waals surface area contributed by atoms with Crippen molar-refractivity contribution in [1.82, 2.24) is 4.90 Å². The van der Waals surface area contributed by atoms with Crippen LogP contribution in [0.2, 0.25) is 0 Å². The van der Waals surface area contributed by atoms with Crippen molar-refractivity contribution in [1.29, 1.82) is 0 Å². The van der Waals surface area contributed by atoms with Gasteiger partial charge in [-0.15, -0.1) is 11.3 Å². The van der Waals surface area contributed by atoms with Crippen LogP contribution in [0.3, 0.4) is 0 Å². The van der Waals surface area contributed by atoms with Gasteiger partial charge in [-0.3, -0.25) is 4.79 Å². The van der Waals surface area contributed by atoms with Gasteiger partial charge in [-0.05, 0) is 47.4 Å². The standard InChI is InChI=1S/C19H22N2OS/c20-14-15-3-1-4-17(13-15)16-8-10-21(11-9-16)19(22)7-6-18-5-2-12-23-18/h1-7,12-13,16H,8-11,14,20H2/b7-6+. The van der Waals surface area contributed by atoms with E-state index in [4.69, 9.17) is 5.73 Å². The Kier molecular flexibility index (Phi) is 5.26. The fraction of sp³-hybridized carbons (Fsp3) is 0.316. The number of carbonyl (C=O) groups excluding carboxylic acids is 1. The van der Waals surface area contributed by atoms with E-state index in [2.05, 4.69) is 24.3 Å². The first-order valence-corrected chi connectivity index (χ1v) is 8.93. The molecule has 0 aliphatic carbocycles. The number of nitrogens with two attached hydrogens (primary N) is 1. The van der Waals surface area contributed by atoms with Gasteiger partial charge in [0.25, 0.3) is 0 Å². The second-order valence-electron chi connectivity index (χ2n) is 5.90. The molecule has 1 saturated heterocycles. The number of rotatable bonds is 4. The lowest BCUT2D eigenvalue weighted by atomic mass is 9.88. The number of benzene rings is 1. The summed E-state index contributed by atoms with van der Waals surface area (Å²) in [6.45, 7) is 2.23. The third kappa shape index (κ3) is 4.09. The molecule has 1 aromatic carbocycles. The molecule has 2 N–H and O–H groups in total. The summed E-state index contributed by atoms with van der Waals surface area (Å²) in [5, 5.41) is 2.02. The number of piperidine rings is 1. The Morgan fingerprint density at radius 2 is 2.09 bits per heavy atom. The van der Waals surface area contributed by atoms with E-state index in [1.54, 1.807) is 17.4 Å². The summed E-state index contributed by atoms with van der Waals surface area (Å²) in [6, 6.07) is 12.5. The maximum absolute atomic E-state index is 12.3. The van der Waals surface area contributed by atoms with Crippen molar-refractivity contribution in [2.45, 2.75) is 25.3 Å². The maximum Gasteiger partial charge on any atom is 0.246 e. The molecule has 120 valence electrons. The molecule has 0 unspecified atom stereocenters. The summed E-state index contributed by atoms with van der Waals surface area (Å²) < 4.78 is 0. The smallest absolute Gasteiger partial charge is 0.246 e. The molecule has 0 saturated carbocycles. The van der Waals surface area contributed by atoms with Crippen LogP contribution >= 0.6 is 11.3 Å². The van der Waals surface area contributed by atoms with E-state index in [0.29, 0.717) is 12.5 Å². The Morgan fingerprint density at radius 1 is 1.26 bits per heavy atom. The third-order valence-electron chi connectivity index (χ3n) is 4.40. The van der Waals surface area contributed by atoms with E-state index in [1.807, 2.05) is 28.5 Å². The van der Waals surface area contributed by atoms with Gasteiger partial charge in [0.1, 0.15) is 0 Å². The van der Waals surface area contributed by atoms with E-state index in [1.165, 1.54) is 11.1 Å². The van der Waals surface area contributed by atoms with Crippen molar-refractivity contribution in [3.8, 4) is 0 Å². The predicted molar refractivity (Wildman–Crippen MR) is 96.2 cm³/mol. The zero-order valence-electron chi connectivity index (χ0n) is 13.2. The molecule has 1 fully saturated rings. The quantitative estimate of drug-likeness (QED) is 0.872. The third-order valence-corrected chi connectivity index (χ3v) is 5.24.